The molecule has 1 aromatic rings. The maximum atomic E-state index is 12.5. The van der Waals surface area contributed by atoms with Crippen LogP contribution in [0.4, 0.5) is 0 Å². The lowest BCUT2D eigenvalue weighted by atomic mass is 9.93. The van der Waals surface area contributed by atoms with E-state index in [4.69, 9.17) is 0 Å². The molecular weight excluding hydrogens is 338 g/mol. The minimum absolute atomic E-state index is 0.161. The van der Waals surface area contributed by atoms with Gasteiger partial charge < -0.3 is 10.2 Å². The van der Waals surface area contributed by atoms with Gasteiger partial charge in [-0.05, 0) is 71.0 Å². The van der Waals surface area contributed by atoms with Crippen LogP contribution in [0.25, 0.3) is 0 Å². The van der Waals surface area contributed by atoms with Gasteiger partial charge in [-0.3, -0.25) is 19.6 Å². The van der Waals surface area contributed by atoms with Crippen LogP contribution in [0.3, 0.4) is 0 Å². The minimum Gasteiger partial charge on any atom is -0.355 e. The second kappa shape index (κ2) is 10.2. The number of pyridine rings is 1. The van der Waals surface area contributed by atoms with E-state index in [1.807, 2.05) is 32.6 Å². The third kappa shape index (κ3) is 6.26. The monoisotopic (exact) mass is 373 g/mol. The van der Waals surface area contributed by atoms with Crippen molar-refractivity contribution in [3.8, 4) is 0 Å². The molecule has 0 aliphatic carbocycles. The van der Waals surface area contributed by atoms with Gasteiger partial charge in [-0.25, -0.2) is 0 Å². The minimum atomic E-state index is 0.161. The van der Waals surface area contributed by atoms with E-state index < -0.39 is 0 Å². The molecule has 1 atom stereocenters. The third-order valence-electron chi connectivity index (χ3n) is 5.88. The van der Waals surface area contributed by atoms with Gasteiger partial charge in [-0.1, -0.05) is 6.07 Å². The maximum absolute atomic E-state index is 12.5. The SMILES string of the molecule is CN(C)CCNC(=O)[C@@H]1CCCN(C2CCN(Cc3cccnc3)CC2)C1. The molecule has 1 aromatic heterocycles. The number of carbonyl (C=O) groups excluding carboxylic acids is 1. The molecule has 0 saturated carbocycles. The summed E-state index contributed by atoms with van der Waals surface area (Å²) in [5.74, 6) is 0.407. The number of nitrogens with one attached hydrogen (secondary N) is 1. The van der Waals surface area contributed by atoms with Gasteiger partial charge in [0.2, 0.25) is 5.91 Å². The lowest BCUT2D eigenvalue weighted by Crippen LogP contribution is -2.51. The summed E-state index contributed by atoms with van der Waals surface area (Å²) in [4.78, 5) is 23.9. The van der Waals surface area contributed by atoms with Gasteiger partial charge in [0, 0.05) is 44.6 Å². The van der Waals surface area contributed by atoms with E-state index in [-0.39, 0.29) is 11.8 Å². The molecule has 0 aromatic carbocycles. The van der Waals surface area contributed by atoms with Gasteiger partial charge in [-0.2, -0.15) is 0 Å². The van der Waals surface area contributed by atoms with E-state index >= 15 is 0 Å². The van der Waals surface area contributed by atoms with Crippen molar-refractivity contribution in [3.63, 3.8) is 0 Å². The van der Waals surface area contributed by atoms with Gasteiger partial charge in [0.05, 0.1) is 5.92 Å². The molecule has 6 nitrogen and oxygen atoms in total. The Morgan fingerprint density at radius 2 is 2.07 bits per heavy atom. The van der Waals surface area contributed by atoms with Crippen LogP contribution >= 0.6 is 0 Å². The molecule has 0 bridgehead atoms. The van der Waals surface area contributed by atoms with Crippen LogP contribution in [0.5, 0.6) is 0 Å². The summed E-state index contributed by atoms with van der Waals surface area (Å²) < 4.78 is 0. The van der Waals surface area contributed by atoms with Crippen LogP contribution in [0.1, 0.15) is 31.2 Å². The fourth-order valence-electron chi connectivity index (χ4n) is 4.29. The van der Waals surface area contributed by atoms with Crippen molar-refractivity contribution in [1.29, 1.82) is 0 Å². The molecule has 3 rings (SSSR count). The van der Waals surface area contributed by atoms with Crippen LogP contribution < -0.4 is 5.32 Å². The molecule has 2 fully saturated rings. The lowest BCUT2D eigenvalue weighted by Gasteiger charge is -2.42. The van der Waals surface area contributed by atoms with E-state index in [0.717, 1.165) is 58.7 Å². The van der Waals surface area contributed by atoms with Crippen molar-refractivity contribution in [1.82, 2.24) is 25.0 Å². The van der Waals surface area contributed by atoms with Gasteiger partial charge in [-0.15, -0.1) is 0 Å². The van der Waals surface area contributed by atoms with E-state index in [0.29, 0.717) is 6.04 Å². The summed E-state index contributed by atoms with van der Waals surface area (Å²) in [5, 5.41) is 3.12. The normalized spacial score (nSPS) is 22.9. The Hall–Kier alpha value is -1.50. The molecule has 1 amide bonds. The highest BCUT2D eigenvalue weighted by Crippen LogP contribution is 2.24. The Morgan fingerprint density at radius 1 is 1.26 bits per heavy atom. The number of likely N-dealkylation sites (tertiary alicyclic amines) is 2. The number of hydrogen-bond donors (Lipinski definition) is 1. The van der Waals surface area contributed by atoms with Crippen LogP contribution in [-0.4, -0.2) is 85.0 Å². The Balaban J connectivity index is 1.42. The number of piperidine rings is 2. The lowest BCUT2D eigenvalue weighted by molar-refractivity contribution is -0.127. The molecule has 6 heteroatoms. The van der Waals surface area contributed by atoms with Crippen molar-refractivity contribution in [2.45, 2.75) is 38.3 Å². The zero-order valence-electron chi connectivity index (χ0n) is 16.9. The average Bonchev–Trinajstić information content (AvgIpc) is 2.69. The third-order valence-corrected chi connectivity index (χ3v) is 5.88. The van der Waals surface area contributed by atoms with Crippen molar-refractivity contribution in [2.24, 2.45) is 5.92 Å². The van der Waals surface area contributed by atoms with Crippen molar-refractivity contribution >= 4 is 5.91 Å². The Kier molecular flexibility index (Phi) is 7.61. The number of carbonyl (C=O) groups is 1. The van der Waals surface area contributed by atoms with Gasteiger partial charge in [0.25, 0.3) is 0 Å². The zero-order chi connectivity index (χ0) is 19.1. The number of rotatable bonds is 7. The topological polar surface area (TPSA) is 51.7 Å². The number of aromatic nitrogens is 1. The predicted octanol–water partition coefficient (Wildman–Crippen LogP) is 1.44. The average molecular weight is 374 g/mol. The van der Waals surface area contributed by atoms with Crippen LogP contribution in [0.2, 0.25) is 0 Å². The summed E-state index contributed by atoms with van der Waals surface area (Å²) in [6, 6.07) is 4.80. The van der Waals surface area contributed by atoms with E-state index in [1.54, 1.807) is 0 Å². The number of hydrogen-bond acceptors (Lipinski definition) is 5. The highest BCUT2D eigenvalue weighted by atomic mass is 16.1. The molecule has 0 spiro atoms. The summed E-state index contributed by atoms with van der Waals surface area (Å²) >= 11 is 0. The van der Waals surface area contributed by atoms with Crippen LogP contribution in [-0.2, 0) is 11.3 Å². The summed E-state index contributed by atoms with van der Waals surface area (Å²) in [7, 11) is 4.07. The number of nitrogens with zero attached hydrogens (tertiary/aromatic N) is 4. The molecule has 0 radical (unpaired) electrons. The first kappa shape index (κ1) is 20.2. The highest BCUT2D eigenvalue weighted by molar-refractivity contribution is 5.78. The smallest absolute Gasteiger partial charge is 0.224 e. The maximum Gasteiger partial charge on any atom is 0.224 e. The molecule has 3 heterocycles. The fraction of sp³-hybridized carbons (Fsp3) is 0.714. The Morgan fingerprint density at radius 3 is 2.78 bits per heavy atom. The summed E-state index contributed by atoms with van der Waals surface area (Å²) in [6.45, 7) is 6.99. The first-order valence-corrected chi connectivity index (χ1v) is 10.4. The molecule has 2 saturated heterocycles. The van der Waals surface area contributed by atoms with Crippen LogP contribution in [0.15, 0.2) is 24.5 Å². The number of amides is 1. The predicted molar refractivity (Wildman–Crippen MR) is 108 cm³/mol. The van der Waals surface area contributed by atoms with Crippen molar-refractivity contribution in [3.05, 3.63) is 30.1 Å². The van der Waals surface area contributed by atoms with E-state index in [9.17, 15) is 4.79 Å². The molecule has 1 N–H and O–H groups in total. The summed E-state index contributed by atoms with van der Waals surface area (Å²) in [6.07, 6.45) is 8.38. The quantitative estimate of drug-likeness (QED) is 0.784. The molecular formula is C21H35N5O. The molecule has 2 aliphatic heterocycles. The second-order valence-corrected chi connectivity index (χ2v) is 8.30. The van der Waals surface area contributed by atoms with Gasteiger partial charge in [0.15, 0.2) is 0 Å². The van der Waals surface area contributed by atoms with Crippen LogP contribution in [0, 0.1) is 5.92 Å². The zero-order valence-corrected chi connectivity index (χ0v) is 16.9. The number of likely N-dealkylation sites (N-methyl/N-ethyl adjacent to an activating group) is 1. The van der Waals surface area contributed by atoms with Gasteiger partial charge >= 0.3 is 0 Å². The Labute approximate surface area is 163 Å². The van der Waals surface area contributed by atoms with E-state index in [1.165, 1.54) is 18.4 Å². The largest absolute Gasteiger partial charge is 0.355 e. The molecule has 0 unspecified atom stereocenters. The Bertz CT molecular complexity index is 571. The molecule has 150 valence electrons. The van der Waals surface area contributed by atoms with Crippen molar-refractivity contribution < 1.29 is 4.79 Å². The molecule has 2 aliphatic rings. The van der Waals surface area contributed by atoms with Gasteiger partial charge in [0.1, 0.15) is 0 Å². The standard InChI is InChI=1S/C21H35N5O/c1-24(2)14-10-23-21(27)19-6-4-11-26(17-19)20-7-12-25(13-8-20)16-18-5-3-9-22-15-18/h3,5,9,15,19-20H,4,6-8,10-14,16-17H2,1-2H3,(H,23,27)/t19-/m1/s1. The summed E-state index contributed by atoms with van der Waals surface area (Å²) in [5.41, 5.74) is 1.29. The molecule has 27 heavy (non-hydrogen) atoms. The fourth-order valence-corrected chi connectivity index (χ4v) is 4.29. The second-order valence-electron chi connectivity index (χ2n) is 8.30. The van der Waals surface area contributed by atoms with Crippen molar-refractivity contribution in [2.75, 3.05) is 53.4 Å². The first-order chi connectivity index (χ1) is 13.1. The highest BCUT2D eigenvalue weighted by Gasteiger charge is 2.31. The van der Waals surface area contributed by atoms with E-state index in [2.05, 4.69) is 31.1 Å². The first-order valence-electron chi connectivity index (χ1n) is 10.4.